The summed E-state index contributed by atoms with van der Waals surface area (Å²) in [7, 11) is 0. The third-order valence-electron chi connectivity index (χ3n) is 1.58. The van der Waals surface area contributed by atoms with E-state index in [0.29, 0.717) is 6.42 Å². The van der Waals surface area contributed by atoms with Crippen LogP contribution in [0.4, 0.5) is 0 Å². The van der Waals surface area contributed by atoms with Crippen molar-refractivity contribution in [3.63, 3.8) is 0 Å². The number of nitriles is 1. The molecule has 1 unspecified atom stereocenters. The maximum atomic E-state index is 11.0. The van der Waals surface area contributed by atoms with Crippen molar-refractivity contribution in [3.8, 4) is 6.07 Å². The Morgan fingerprint density at radius 1 is 1.85 bits per heavy atom. The van der Waals surface area contributed by atoms with Gasteiger partial charge >= 0.3 is 0 Å². The topological polar surface area (TPSA) is 52.9 Å². The maximum Gasteiger partial charge on any atom is 0.221 e. The summed E-state index contributed by atoms with van der Waals surface area (Å²) in [5, 5.41) is 13.3. The van der Waals surface area contributed by atoms with Gasteiger partial charge in [0.15, 0.2) is 6.04 Å². The Hall–Kier alpha value is -1.34. The van der Waals surface area contributed by atoms with Crippen molar-refractivity contribution in [2.75, 3.05) is 0 Å². The SMILES string of the molecule is CCC(=O)NC(C#N)c1cccs1. The van der Waals surface area contributed by atoms with Crippen LogP contribution in [-0.4, -0.2) is 5.91 Å². The first-order chi connectivity index (χ1) is 6.27. The third-order valence-corrected chi connectivity index (χ3v) is 2.52. The van der Waals surface area contributed by atoms with Crippen LogP contribution in [0, 0.1) is 11.3 Å². The molecule has 0 spiro atoms. The van der Waals surface area contributed by atoms with E-state index >= 15 is 0 Å². The molecule has 0 bridgehead atoms. The van der Waals surface area contributed by atoms with Crippen molar-refractivity contribution in [2.24, 2.45) is 0 Å². The first kappa shape index (κ1) is 9.75. The summed E-state index contributed by atoms with van der Waals surface area (Å²) in [5.74, 6) is -0.0973. The van der Waals surface area contributed by atoms with Crippen LogP contribution in [0.15, 0.2) is 17.5 Å². The highest BCUT2D eigenvalue weighted by molar-refractivity contribution is 7.10. The third kappa shape index (κ3) is 2.56. The zero-order valence-electron chi connectivity index (χ0n) is 7.28. The van der Waals surface area contributed by atoms with E-state index in [1.165, 1.54) is 11.3 Å². The number of carbonyl (C=O) groups excluding carboxylic acids is 1. The number of carbonyl (C=O) groups is 1. The predicted molar refractivity (Wildman–Crippen MR) is 51.1 cm³/mol. The molecular formula is C9H10N2OS. The highest BCUT2D eigenvalue weighted by Crippen LogP contribution is 2.17. The second-order valence-corrected chi connectivity index (χ2v) is 3.48. The number of hydrogen-bond donors (Lipinski definition) is 1. The maximum absolute atomic E-state index is 11.0. The molecule has 1 aromatic heterocycles. The van der Waals surface area contributed by atoms with E-state index in [4.69, 9.17) is 5.26 Å². The fourth-order valence-electron chi connectivity index (χ4n) is 0.886. The Labute approximate surface area is 81.0 Å². The minimum Gasteiger partial charge on any atom is -0.336 e. The number of hydrogen-bond acceptors (Lipinski definition) is 3. The zero-order chi connectivity index (χ0) is 9.68. The van der Waals surface area contributed by atoms with Crippen LogP contribution in [0.25, 0.3) is 0 Å². The van der Waals surface area contributed by atoms with Gasteiger partial charge in [-0.1, -0.05) is 13.0 Å². The summed E-state index contributed by atoms with van der Waals surface area (Å²) in [6.07, 6.45) is 0.406. The fraction of sp³-hybridized carbons (Fsp3) is 0.333. The van der Waals surface area contributed by atoms with Crippen molar-refractivity contribution < 1.29 is 4.79 Å². The van der Waals surface area contributed by atoms with E-state index in [9.17, 15) is 4.79 Å². The molecule has 1 amide bonds. The smallest absolute Gasteiger partial charge is 0.221 e. The van der Waals surface area contributed by atoms with Crippen molar-refractivity contribution >= 4 is 17.2 Å². The molecule has 1 N–H and O–H groups in total. The van der Waals surface area contributed by atoms with E-state index in [2.05, 4.69) is 5.32 Å². The first-order valence-electron chi connectivity index (χ1n) is 4.00. The lowest BCUT2D eigenvalue weighted by Gasteiger charge is -2.07. The van der Waals surface area contributed by atoms with Gasteiger partial charge in [0.2, 0.25) is 5.91 Å². The molecule has 0 saturated carbocycles. The average Bonchev–Trinajstić information content (AvgIpc) is 2.66. The molecule has 0 saturated heterocycles. The monoisotopic (exact) mass is 194 g/mol. The molecule has 0 aliphatic heterocycles. The summed E-state index contributed by atoms with van der Waals surface area (Å²) in [4.78, 5) is 11.9. The van der Waals surface area contributed by atoms with Gasteiger partial charge in [0.25, 0.3) is 0 Å². The van der Waals surface area contributed by atoms with Gasteiger partial charge in [-0.3, -0.25) is 4.79 Å². The second kappa shape index (κ2) is 4.63. The number of rotatable bonds is 3. The van der Waals surface area contributed by atoms with Crippen LogP contribution in [0.3, 0.4) is 0 Å². The molecule has 3 nitrogen and oxygen atoms in total. The molecule has 68 valence electrons. The molecule has 0 fully saturated rings. The predicted octanol–water partition coefficient (Wildman–Crippen LogP) is 1.84. The highest BCUT2D eigenvalue weighted by atomic mass is 32.1. The molecular weight excluding hydrogens is 184 g/mol. The minimum atomic E-state index is -0.493. The van der Waals surface area contributed by atoms with Gasteiger partial charge < -0.3 is 5.32 Å². The number of nitrogens with one attached hydrogen (secondary N) is 1. The summed E-state index contributed by atoms with van der Waals surface area (Å²) >= 11 is 1.47. The van der Waals surface area contributed by atoms with Crippen molar-refractivity contribution in [1.82, 2.24) is 5.32 Å². The Morgan fingerprint density at radius 2 is 2.62 bits per heavy atom. The van der Waals surface area contributed by atoms with Crippen LogP contribution in [0.1, 0.15) is 24.3 Å². The lowest BCUT2D eigenvalue weighted by atomic mass is 10.2. The van der Waals surface area contributed by atoms with Gasteiger partial charge in [-0.15, -0.1) is 11.3 Å². The van der Waals surface area contributed by atoms with Crippen LogP contribution in [-0.2, 0) is 4.79 Å². The Morgan fingerprint density at radius 3 is 3.08 bits per heavy atom. The van der Waals surface area contributed by atoms with Gasteiger partial charge in [0.1, 0.15) is 0 Å². The van der Waals surface area contributed by atoms with Gasteiger partial charge in [0.05, 0.1) is 6.07 Å². The summed E-state index contributed by atoms with van der Waals surface area (Å²) in [5.41, 5.74) is 0. The molecule has 0 aliphatic carbocycles. The molecule has 0 radical (unpaired) electrons. The Kier molecular flexibility index (Phi) is 3.47. The minimum absolute atomic E-state index is 0.0973. The van der Waals surface area contributed by atoms with Gasteiger partial charge in [-0.05, 0) is 11.4 Å². The number of amides is 1. The van der Waals surface area contributed by atoms with Gasteiger partial charge in [-0.25, -0.2) is 0 Å². The fourth-order valence-corrected chi connectivity index (χ4v) is 1.60. The molecule has 1 atom stereocenters. The van der Waals surface area contributed by atoms with E-state index in [-0.39, 0.29) is 5.91 Å². The van der Waals surface area contributed by atoms with E-state index < -0.39 is 6.04 Å². The quantitative estimate of drug-likeness (QED) is 0.798. The molecule has 1 aromatic rings. The normalized spacial score (nSPS) is 11.7. The second-order valence-electron chi connectivity index (χ2n) is 2.50. The van der Waals surface area contributed by atoms with E-state index in [1.807, 2.05) is 23.6 Å². The zero-order valence-corrected chi connectivity index (χ0v) is 8.10. The molecule has 1 rings (SSSR count). The van der Waals surface area contributed by atoms with Crippen LogP contribution < -0.4 is 5.32 Å². The first-order valence-corrected chi connectivity index (χ1v) is 4.88. The van der Waals surface area contributed by atoms with Crippen LogP contribution in [0.2, 0.25) is 0 Å². The van der Waals surface area contributed by atoms with E-state index in [0.717, 1.165) is 4.88 Å². The van der Waals surface area contributed by atoms with Gasteiger partial charge in [-0.2, -0.15) is 5.26 Å². The molecule has 13 heavy (non-hydrogen) atoms. The number of nitrogens with zero attached hydrogens (tertiary/aromatic N) is 1. The lowest BCUT2D eigenvalue weighted by Crippen LogP contribution is -2.25. The molecule has 4 heteroatoms. The molecule has 1 heterocycles. The Balaban J connectivity index is 2.66. The van der Waals surface area contributed by atoms with E-state index in [1.54, 1.807) is 6.92 Å². The summed E-state index contributed by atoms with van der Waals surface area (Å²) < 4.78 is 0. The average molecular weight is 194 g/mol. The van der Waals surface area contributed by atoms with Crippen LogP contribution >= 0.6 is 11.3 Å². The largest absolute Gasteiger partial charge is 0.336 e. The van der Waals surface area contributed by atoms with Crippen LogP contribution in [0.5, 0.6) is 0 Å². The van der Waals surface area contributed by atoms with Crippen molar-refractivity contribution in [2.45, 2.75) is 19.4 Å². The highest BCUT2D eigenvalue weighted by Gasteiger charge is 2.12. The summed E-state index contributed by atoms with van der Waals surface area (Å²) in [6.45, 7) is 1.76. The number of thiophene rings is 1. The van der Waals surface area contributed by atoms with Gasteiger partial charge in [0, 0.05) is 11.3 Å². The molecule has 0 aliphatic rings. The summed E-state index contributed by atoms with van der Waals surface area (Å²) in [6, 6.07) is 5.26. The standard InChI is InChI=1S/C9H10N2OS/c1-2-9(12)11-7(6-10)8-4-3-5-13-8/h3-5,7H,2H2,1H3,(H,11,12). The molecule has 0 aromatic carbocycles. The lowest BCUT2D eigenvalue weighted by molar-refractivity contribution is -0.121. The van der Waals surface area contributed by atoms with Crippen molar-refractivity contribution in [3.05, 3.63) is 22.4 Å². The Bertz CT molecular complexity index is 313. The van der Waals surface area contributed by atoms with Crippen molar-refractivity contribution in [1.29, 1.82) is 5.26 Å².